The maximum Gasteiger partial charge on any atom is 0.294 e. The molecule has 3 rings (SSSR count). The number of pyridine rings is 1. The van der Waals surface area contributed by atoms with Gasteiger partial charge >= 0.3 is 0 Å². The molecule has 0 atom stereocenters. The van der Waals surface area contributed by atoms with E-state index in [1.165, 1.54) is 0 Å². The molecule has 112 valence electrons. The molecule has 2 heterocycles. The van der Waals surface area contributed by atoms with Crippen LogP contribution in [0.25, 0.3) is 10.9 Å². The molecule has 0 spiro atoms. The summed E-state index contributed by atoms with van der Waals surface area (Å²) in [5, 5.41) is 29.8. The summed E-state index contributed by atoms with van der Waals surface area (Å²) in [6, 6.07) is 3.19. The second-order valence-electron chi connectivity index (χ2n) is 5.22. The molecule has 21 heavy (non-hydrogen) atoms. The Morgan fingerprint density at radius 1 is 1.19 bits per heavy atom. The molecule has 1 aliphatic rings. The Kier molecular flexibility index (Phi) is 3.43. The molecule has 1 aliphatic heterocycles. The van der Waals surface area contributed by atoms with Crippen molar-refractivity contribution in [3.63, 3.8) is 0 Å². The summed E-state index contributed by atoms with van der Waals surface area (Å²) in [5.74, 6) is -1.16. The number of aliphatic hydroxyl groups is 1. The van der Waals surface area contributed by atoms with E-state index in [0.717, 1.165) is 0 Å². The number of nitrogens with zero attached hydrogens (tertiary/aromatic N) is 1. The van der Waals surface area contributed by atoms with Crippen molar-refractivity contribution in [3.05, 3.63) is 27.5 Å². The van der Waals surface area contributed by atoms with Crippen LogP contribution in [0, 0.1) is 0 Å². The van der Waals surface area contributed by atoms with Gasteiger partial charge < -0.3 is 25.2 Å². The number of halogens is 1. The topological polar surface area (TPSA) is 96.8 Å². The zero-order valence-electron chi connectivity index (χ0n) is 11.1. The van der Waals surface area contributed by atoms with Gasteiger partial charge in [0.25, 0.3) is 5.56 Å². The molecule has 2 aromatic rings. The molecule has 6 nitrogen and oxygen atoms in total. The Morgan fingerprint density at radius 2 is 1.86 bits per heavy atom. The van der Waals surface area contributed by atoms with Crippen molar-refractivity contribution in [2.75, 3.05) is 18.0 Å². The van der Waals surface area contributed by atoms with Crippen LogP contribution in [0.4, 0.5) is 5.69 Å². The lowest BCUT2D eigenvalue weighted by atomic mass is 10.1. The third-order valence-electron chi connectivity index (χ3n) is 3.83. The Labute approximate surface area is 125 Å². The smallest absolute Gasteiger partial charge is 0.294 e. The highest BCUT2D eigenvalue weighted by Gasteiger charge is 2.21. The number of aromatic hydroxyl groups is 2. The minimum atomic E-state index is -0.759. The number of piperidine rings is 1. The van der Waals surface area contributed by atoms with Gasteiger partial charge in [-0.1, -0.05) is 11.6 Å². The summed E-state index contributed by atoms with van der Waals surface area (Å²) >= 11 is 6.25. The Bertz CT molecular complexity index is 751. The van der Waals surface area contributed by atoms with E-state index in [2.05, 4.69) is 4.98 Å². The van der Waals surface area contributed by atoms with Crippen molar-refractivity contribution in [3.8, 4) is 11.5 Å². The summed E-state index contributed by atoms with van der Waals surface area (Å²) < 4.78 is 0. The highest BCUT2D eigenvalue weighted by molar-refractivity contribution is 6.34. The summed E-state index contributed by atoms with van der Waals surface area (Å²) in [5.41, 5.74) is 0.309. The average molecular weight is 311 g/mol. The number of H-pyrrole nitrogens is 1. The van der Waals surface area contributed by atoms with Gasteiger partial charge in [0.15, 0.2) is 5.75 Å². The zero-order chi connectivity index (χ0) is 15.1. The number of aromatic nitrogens is 1. The first-order valence-electron chi connectivity index (χ1n) is 6.68. The van der Waals surface area contributed by atoms with Gasteiger partial charge in [0.05, 0.1) is 22.3 Å². The molecule has 0 radical (unpaired) electrons. The van der Waals surface area contributed by atoms with E-state index in [1.54, 1.807) is 12.1 Å². The molecule has 1 aromatic heterocycles. The van der Waals surface area contributed by atoms with Crippen molar-refractivity contribution in [1.29, 1.82) is 0 Å². The number of aromatic amines is 1. The first kappa shape index (κ1) is 14.0. The van der Waals surface area contributed by atoms with Crippen LogP contribution in [0.5, 0.6) is 11.5 Å². The highest BCUT2D eigenvalue weighted by atomic mass is 35.5. The van der Waals surface area contributed by atoms with Crippen LogP contribution in [0.2, 0.25) is 5.02 Å². The van der Waals surface area contributed by atoms with E-state index in [1.807, 2.05) is 4.90 Å². The van der Waals surface area contributed by atoms with Gasteiger partial charge in [0.2, 0.25) is 5.75 Å². The van der Waals surface area contributed by atoms with Gasteiger partial charge in [-0.25, -0.2) is 0 Å². The maximum absolute atomic E-state index is 11.4. The number of hydrogen-bond acceptors (Lipinski definition) is 5. The normalized spacial score (nSPS) is 16.6. The van der Waals surface area contributed by atoms with E-state index >= 15 is 0 Å². The number of aliphatic hydroxyl groups excluding tert-OH is 1. The van der Waals surface area contributed by atoms with E-state index < -0.39 is 17.1 Å². The van der Waals surface area contributed by atoms with Gasteiger partial charge in [0.1, 0.15) is 0 Å². The minimum Gasteiger partial charge on any atom is -0.504 e. The number of nitrogens with one attached hydrogen (secondary N) is 1. The molecule has 0 saturated carbocycles. The van der Waals surface area contributed by atoms with Crippen molar-refractivity contribution in [1.82, 2.24) is 4.98 Å². The summed E-state index contributed by atoms with van der Waals surface area (Å²) in [4.78, 5) is 15.9. The second kappa shape index (κ2) is 5.13. The molecular formula is C14H15ClN2O4. The minimum absolute atomic E-state index is 0.297. The molecule has 1 saturated heterocycles. The lowest BCUT2D eigenvalue weighted by Crippen LogP contribution is -2.35. The van der Waals surface area contributed by atoms with Crippen LogP contribution in [0.3, 0.4) is 0 Å². The molecule has 7 heteroatoms. The third kappa shape index (κ3) is 2.41. The van der Waals surface area contributed by atoms with Crippen LogP contribution < -0.4 is 10.5 Å². The lowest BCUT2D eigenvalue weighted by Gasteiger charge is -2.32. The Morgan fingerprint density at radius 3 is 2.52 bits per heavy atom. The summed E-state index contributed by atoms with van der Waals surface area (Å²) in [6.45, 7) is 1.31. The molecule has 1 aromatic carbocycles. The fourth-order valence-corrected chi connectivity index (χ4v) is 2.91. The van der Waals surface area contributed by atoms with Gasteiger partial charge in [0, 0.05) is 18.5 Å². The predicted octanol–water partition coefficient (Wildman–Crippen LogP) is 1.55. The van der Waals surface area contributed by atoms with E-state index in [-0.39, 0.29) is 6.10 Å². The quantitative estimate of drug-likeness (QED) is 0.641. The number of anilines is 1. The summed E-state index contributed by atoms with van der Waals surface area (Å²) in [7, 11) is 0. The first-order chi connectivity index (χ1) is 9.97. The van der Waals surface area contributed by atoms with Crippen LogP contribution in [0.1, 0.15) is 12.8 Å². The molecular weight excluding hydrogens is 296 g/mol. The second-order valence-corrected chi connectivity index (χ2v) is 5.63. The Balaban J connectivity index is 2.12. The van der Waals surface area contributed by atoms with Crippen LogP contribution in [0.15, 0.2) is 16.9 Å². The average Bonchev–Trinajstić information content (AvgIpc) is 2.46. The predicted molar refractivity (Wildman–Crippen MR) is 80.4 cm³/mol. The maximum atomic E-state index is 11.4. The van der Waals surface area contributed by atoms with Crippen molar-refractivity contribution < 1.29 is 15.3 Å². The zero-order valence-corrected chi connectivity index (χ0v) is 11.9. The monoisotopic (exact) mass is 310 g/mol. The highest BCUT2D eigenvalue weighted by Crippen LogP contribution is 2.37. The van der Waals surface area contributed by atoms with Gasteiger partial charge in [-0.05, 0) is 25.0 Å². The van der Waals surface area contributed by atoms with Crippen molar-refractivity contribution >= 4 is 28.2 Å². The van der Waals surface area contributed by atoms with E-state index in [0.29, 0.717) is 47.5 Å². The van der Waals surface area contributed by atoms with E-state index in [4.69, 9.17) is 11.6 Å². The first-order valence-corrected chi connectivity index (χ1v) is 7.05. The van der Waals surface area contributed by atoms with Crippen LogP contribution in [-0.4, -0.2) is 39.5 Å². The molecule has 0 unspecified atom stereocenters. The SMILES string of the molecule is O=c1[nH]c2cc(Cl)c(N3CCC(O)CC3)cc2c(O)c1O. The van der Waals surface area contributed by atoms with Crippen LogP contribution in [-0.2, 0) is 0 Å². The number of hydrogen-bond donors (Lipinski definition) is 4. The molecule has 0 aliphatic carbocycles. The summed E-state index contributed by atoms with van der Waals surface area (Å²) in [6.07, 6.45) is 1.00. The molecule has 0 amide bonds. The fraction of sp³-hybridized carbons (Fsp3) is 0.357. The number of benzene rings is 1. The fourth-order valence-electron chi connectivity index (χ4n) is 2.63. The van der Waals surface area contributed by atoms with E-state index in [9.17, 15) is 20.1 Å². The van der Waals surface area contributed by atoms with Crippen molar-refractivity contribution in [2.24, 2.45) is 0 Å². The Hall–Kier alpha value is -1.92. The van der Waals surface area contributed by atoms with Gasteiger partial charge in [-0.15, -0.1) is 0 Å². The number of fused-ring (bicyclic) bond motifs is 1. The van der Waals surface area contributed by atoms with Gasteiger partial charge in [-0.2, -0.15) is 0 Å². The largest absolute Gasteiger partial charge is 0.504 e. The number of rotatable bonds is 1. The van der Waals surface area contributed by atoms with Crippen molar-refractivity contribution in [2.45, 2.75) is 18.9 Å². The van der Waals surface area contributed by atoms with Gasteiger partial charge in [-0.3, -0.25) is 4.79 Å². The lowest BCUT2D eigenvalue weighted by molar-refractivity contribution is 0.145. The van der Waals surface area contributed by atoms with Crippen LogP contribution >= 0.6 is 11.6 Å². The third-order valence-corrected chi connectivity index (χ3v) is 4.14. The molecule has 1 fully saturated rings. The molecule has 4 N–H and O–H groups in total. The standard InChI is InChI=1S/C14H15ClN2O4/c15-9-6-10-8(12(19)13(20)14(21)16-10)5-11(9)17-3-1-7(18)2-4-17/h5-7,18,20H,1-4H2,(H2,16,19,21). The molecule has 0 bridgehead atoms.